The Morgan fingerprint density at radius 1 is 1.27 bits per heavy atom. The maximum absolute atomic E-state index is 14.0. The van der Waals surface area contributed by atoms with Gasteiger partial charge in [0, 0.05) is 31.4 Å². The molecule has 3 heterocycles. The fourth-order valence-electron chi connectivity index (χ4n) is 3.94. The molecule has 4 rings (SSSR count). The molecule has 1 saturated heterocycles. The van der Waals surface area contributed by atoms with Crippen molar-refractivity contribution in [2.24, 2.45) is 0 Å². The number of nitrogens with one attached hydrogen (secondary N) is 1. The van der Waals surface area contributed by atoms with Crippen LogP contribution < -0.4 is 10.7 Å². The van der Waals surface area contributed by atoms with Crippen molar-refractivity contribution in [3.63, 3.8) is 0 Å². The number of pyridine rings is 1. The molecular weight excluding hydrogens is 420 g/mol. The second kappa shape index (κ2) is 7.71. The molecule has 2 aliphatic rings. The van der Waals surface area contributed by atoms with E-state index in [1.165, 1.54) is 10.8 Å². The van der Waals surface area contributed by atoms with Gasteiger partial charge in [0.25, 0.3) is 11.8 Å². The zero-order chi connectivity index (χ0) is 21.6. The average molecular weight is 438 g/mol. The summed E-state index contributed by atoms with van der Waals surface area (Å²) in [5.41, 5.74) is -1.53. The van der Waals surface area contributed by atoms with Crippen molar-refractivity contribution in [2.75, 3.05) is 13.1 Å². The minimum absolute atomic E-state index is 0.0633. The summed E-state index contributed by atoms with van der Waals surface area (Å²) >= 11 is 5.53. The monoisotopic (exact) mass is 437 g/mol. The Labute approximate surface area is 174 Å². The minimum Gasteiger partial charge on any atom is -0.503 e. The number of halogens is 3. The third-order valence-electron chi connectivity index (χ3n) is 5.54. The first kappa shape index (κ1) is 20.3. The van der Waals surface area contributed by atoms with E-state index in [0.29, 0.717) is 13.1 Å². The van der Waals surface area contributed by atoms with E-state index >= 15 is 0 Å². The summed E-state index contributed by atoms with van der Waals surface area (Å²) in [5, 5.41) is 12.1. The van der Waals surface area contributed by atoms with Crippen LogP contribution >= 0.6 is 11.6 Å². The number of aromatic nitrogens is 1. The highest BCUT2D eigenvalue weighted by Crippen LogP contribution is 2.31. The number of nitrogens with zero attached hydrogens (tertiary/aromatic N) is 2. The fourth-order valence-corrected chi connectivity index (χ4v) is 4.12. The number of carbonyl (C=O) groups excluding carboxylic acids is 2. The lowest BCUT2D eigenvalue weighted by Crippen LogP contribution is -2.44. The molecule has 2 aromatic rings. The number of amides is 2. The quantitative estimate of drug-likeness (QED) is 0.722. The molecular formula is C20H18ClF2N3O4. The van der Waals surface area contributed by atoms with Gasteiger partial charge in [-0.25, -0.2) is 8.78 Å². The van der Waals surface area contributed by atoms with Gasteiger partial charge in [-0.3, -0.25) is 14.4 Å². The second-order valence-electron chi connectivity index (χ2n) is 7.39. The highest BCUT2D eigenvalue weighted by molar-refractivity contribution is 6.30. The van der Waals surface area contributed by atoms with Crippen LogP contribution in [0.3, 0.4) is 0 Å². The predicted molar refractivity (Wildman–Crippen MR) is 104 cm³/mol. The van der Waals surface area contributed by atoms with Gasteiger partial charge in [0.1, 0.15) is 22.2 Å². The largest absolute Gasteiger partial charge is 0.503 e. The first-order valence-corrected chi connectivity index (χ1v) is 9.85. The molecule has 0 unspecified atom stereocenters. The Morgan fingerprint density at radius 2 is 2.03 bits per heavy atom. The summed E-state index contributed by atoms with van der Waals surface area (Å²) < 4.78 is 28.8. The highest BCUT2D eigenvalue weighted by Gasteiger charge is 2.36. The molecule has 0 radical (unpaired) electrons. The summed E-state index contributed by atoms with van der Waals surface area (Å²) in [7, 11) is 0. The molecule has 2 N–H and O–H groups in total. The SMILES string of the molecule is O=C(NCc1ccc(F)c(Cl)c1F)c1cn2c(c(O)c1=O)C(=O)N1CCCC[C@@H]2C1. The lowest BCUT2D eigenvalue weighted by atomic mass is 10.1. The van der Waals surface area contributed by atoms with Crippen LogP contribution in [0.15, 0.2) is 23.1 Å². The van der Waals surface area contributed by atoms with Gasteiger partial charge >= 0.3 is 0 Å². The Kier molecular flexibility index (Phi) is 5.23. The third-order valence-corrected chi connectivity index (χ3v) is 5.89. The van der Waals surface area contributed by atoms with Gasteiger partial charge in [0.2, 0.25) is 5.43 Å². The molecule has 1 fully saturated rings. The van der Waals surface area contributed by atoms with Gasteiger partial charge in [-0.2, -0.15) is 0 Å². The molecule has 30 heavy (non-hydrogen) atoms. The molecule has 2 amide bonds. The van der Waals surface area contributed by atoms with Crippen LogP contribution in [0.1, 0.15) is 51.7 Å². The summed E-state index contributed by atoms with van der Waals surface area (Å²) in [6.07, 6.45) is 3.69. The van der Waals surface area contributed by atoms with Gasteiger partial charge in [-0.05, 0) is 25.3 Å². The van der Waals surface area contributed by atoms with Crippen molar-refractivity contribution in [3.05, 3.63) is 62.0 Å². The van der Waals surface area contributed by atoms with Gasteiger partial charge in [-0.15, -0.1) is 0 Å². The van der Waals surface area contributed by atoms with E-state index in [2.05, 4.69) is 5.32 Å². The van der Waals surface area contributed by atoms with Crippen molar-refractivity contribution < 1.29 is 23.5 Å². The normalized spacial score (nSPS) is 18.0. The molecule has 0 spiro atoms. The summed E-state index contributed by atoms with van der Waals surface area (Å²) in [5.74, 6) is -4.01. The molecule has 0 saturated carbocycles. The standard InChI is InChI=1S/C20H18ClF2N3O4/c21-14-13(22)5-4-10(15(14)23)7-24-19(29)12-9-26-11-3-1-2-6-25(8-11)20(30)16(26)18(28)17(12)27/h4-5,9,11,28H,1-3,6-8H2,(H,24,29)/t11-/m1/s1. The Balaban J connectivity index is 1.66. The molecule has 0 aliphatic carbocycles. The van der Waals surface area contributed by atoms with E-state index in [-0.39, 0.29) is 29.4 Å². The smallest absolute Gasteiger partial charge is 0.274 e. The van der Waals surface area contributed by atoms with E-state index in [9.17, 15) is 28.3 Å². The number of rotatable bonds is 3. The van der Waals surface area contributed by atoms with Crippen molar-refractivity contribution >= 4 is 23.4 Å². The van der Waals surface area contributed by atoms with Crippen molar-refractivity contribution in [1.82, 2.24) is 14.8 Å². The van der Waals surface area contributed by atoms with Crippen LogP contribution in [0.4, 0.5) is 8.78 Å². The van der Waals surface area contributed by atoms with Crippen molar-refractivity contribution in [3.8, 4) is 5.75 Å². The van der Waals surface area contributed by atoms with Crippen molar-refractivity contribution in [2.45, 2.75) is 31.8 Å². The zero-order valence-electron chi connectivity index (χ0n) is 15.8. The molecule has 7 nitrogen and oxygen atoms in total. The number of hydrogen-bond acceptors (Lipinski definition) is 4. The Bertz CT molecular complexity index is 1120. The zero-order valence-corrected chi connectivity index (χ0v) is 16.5. The van der Waals surface area contributed by atoms with E-state index in [0.717, 1.165) is 31.4 Å². The number of benzene rings is 1. The summed E-state index contributed by atoms with van der Waals surface area (Å²) in [6, 6.07) is 1.94. The van der Waals surface area contributed by atoms with Crippen LogP contribution in [-0.4, -0.2) is 39.5 Å². The molecule has 1 atom stereocenters. The van der Waals surface area contributed by atoms with Crippen LogP contribution in [0.2, 0.25) is 5.02 Å². The lowest BCUT2D eigenvalue weighted by Gasteiger charge is -2.34. The van der Waals surface area contributed by atoms with Crippen LogP contribution in [0, 0.1) is 11.6 Å². The maximum Gasteiger partial charge on any atom is 0.274 e. The van der Waals surface area contributed by atoms with Crippen LogP contribution in [-0.2, 0) is 6.54 Å². The first-order chi connectivity index (χ1) is 14.3. The van der Waals surface area contributed by atoms with Gasteiger partial charge in [0.15, 0.2) is 11.4 Å². The minimum atomic E-state index is -1.01. The maximum atomic E-state index is 14.0. The van der Waals surface area contributed by atoms with E-state index < -0.39 is 39.6 Å². The van der Waals surface area contributed by atoms with Gasteiger partial charge < -0.3 is 19.9 Å². The Hall–Kier alpha value is -2.94. The van der Waals surface area contributed by atoms with Gasteiger partial charge in [0.05, 0.1) is 6.04 Å². The molecule has 10 heteroatoms. The van der Waals surface area contributed by atoms with E-state index in [1.54, 1.807) is 4.90 Å². The van der Waals surface area contributed by atoms with Crippen LogP contribution in [0.25, 0.3) is 0 Å². The topological polar surface area (TPSA) is 91.6 Å². The molecule has 1 aromatic heterocycles. The second-order valence-corrected chi connectivity index (χ2v) is 7.77. The Morgan fingerprint density at radius 3 is 2.80 bits per heavy atom. The highest BCUT2D eigenvalue weighted by atomic mass is 35.5. The van der Waals surface area contributed by atoms with E-state index in [1.807, 2.05) is 0 Å². The predicted octanol–water partition coefficient (Wildman–Crippen LogP) is 2.60. The number of hydrogen-bond donors (Lipinski definition) is 2. The number of aromatic hydroxyl groups is 1. The number of carbonyl (C=O) groups is 2. The third kappa shape index (κ3) is 3.32. The summed E-state index contributed by atoms with van der Waals surface area (Å²) in [4.78, 5) is 39.4. The average Bonchev–Trinajstić information content (AvgIpc) is 2.95. The number of fused-ring (bicyclic) bond motifs is 4. The van der Waals surface area contributed by atoms with Crippen molar-refractivity contribution in [1.29, 1.82) is 0 Å². The van der Waals surface area contributed by atoms with Crippen LogP contribution in [0.5, 0.6) is 5.75 Å². The first-order valence-electron chi connectivity index (χ1n) is 9.47. The molecule has 2 aliphatic heterocycles. The summed E-state index contributed by atoms with van der Waals surface area (Å²) in [6.45, 7) is 0.647. The molecule has 158 valence electrons. The fraction of sp³-hybridized carbons (Fsp3) is 0.350. The lowest BCUT2D eigenvalue weighted by molar-refractivity contribution is 0.0677. The van der Waals surface area contributed by atoms with E-state index in [4.69, 9.17) is 11.6 Å². The molecule has 2 bridgehead atoms. The molecule has 1 aromatic carbocycles. The van der Waals surface area contributed by atoms with Gasteiger partial charge in [-0.1, -0.05) is 17.7 Å².